The largest absolute Gasteiger partial charge is 0.252 e. The molecule has 2 aliphatic rings. The molecule has 2 rings (SSSR count). The van der Waals surface area contributed by atoms with Gasteiger partial charge in [0.05, 0.1) is 12.0 Å². The lowest BCUT2D eigenvalue weighted by molar-refractivity contribution is -0.0181. The van der Waals surface area contributed by atoms with Crippen LogP contribution in [0.15, 0.2) is 0 Å². The molecule has 0 saturated heterocycles. The summed E-state index contributed by atoms with van der Waals surface area (Å²) >= 11 is 0. The molecule has 2 fully saturated rings. The smallest absolute Gasteiger partial charge is 0.207 e. The maximum Gasteiger partial charge on any atom is 0.252 e. The van der Waals surface area contributed by atoms with Gasteiger partial charge in [-0.2, -0.15) is 5.26 Å². The maximum absolute atomic E-state index is 12.7. The molecule has 0 spiro atoms. The van der Waals surface area contributed by atoms with Gasteiger partial charge in [-0.15, -0.1) is 0 Å². The molecule has 1 nitrogen and oxygen atoms in total. The van der Waals surface area contributed by atoms with Gasteiger partial charge in [0.2, 0.25) is 0 Å². The highest BCUT2D eigenvalue weighted by molar-refractivity contribution is 5.17. The van der Waals surface area contributed by atoms with Crippen LogP contribution in [0.25, 0.3) is 0 Å². The Morgan fingerprint density at radius 3 is 2.50 bits per heavy atom. The monoisotopic (exact) mass is 143 g/mol. The van der Waals surface area contributed by atoms with E-state index in [0.29, 0.717) is 6.42 Å². The van der Waals surface area contributed by atoms with Gasteiger partial charge < -0.3 is 0 Å². The Labute approximate surface area is 57.6 Å². The molecule has 3 unspecified atom stereocenters. The van der Waals surface area contributed by atoms with Crippen molar-refractivity contribution < 1.29 is 8.78 Å². The Morgan fingerprint density at radius 1 is 1.50 bits per heavy atom. The van der Waals surface area contributed by atoms with Crippen molar-refractivity contribution in [2.24, 2.45) is 17.8 Å². The fourth-order valence-corrected chi connectivity index (χ4v) is 2.01. The van der Waals surface area contributed by atoms with Gasteiger partial charge in [0.15, 0.2) is 0 Å². The molecule has 2 aliphatic carbocycles. The molecule has 3 atom stereocenters. The van der Waals surface area contributed by atoms with E-state index in [-0.39, 0.29) is 18.3 Å². The first-order valence-corrected chi connectivity index (χ1v) is 3.44. The summed E-state index contributed by atoms with van der Waals surface area (Å²) in [6, 6.07) is 1.92. The first-order chi connectivity index (χ1) is 4.67. The van der Waals surface area contributed by atoms with E-state index in [2.05, 4.69) is 0 Å². The summed E-state index contributed by atoms with van der Waals surface area (Å²) in [4.78, 5) is 0. The van der Waals surface area contributed by atoms with E-state index in [4.69, 9.17) is 5.26 Å². The van der Waals surface area contributed by atoms with Crippen molar-refractivity contribution >= 4 is 0 Å². The molecule has 3 heteroatoms. The van der Waals surface area contributed by atoms with Crippen LogP contribution < -0.4 is 0 Å². The van der Waals surface area contributed by atoms with E-state index in [9.17, 15) is 8.78 Å². The van der Waals surface area contributed by atoms with Gasteiger partial charge in [-0.3, -0.25) is 0 Å². The number of hydrogen-bond donors (Lipinski definition) is 0. The van der Waals surface area contributed by atoms with Crippen LogP contribution in [0.2, 0.25) is 0 Å². The topological polar surface area (TPSA) is 23.8 Å². The summed E-state index contributed by atoms with van der Waals surface area (Å²) in [5, 5.41) is 8.36. The van der Waals surface area contributed by atoms with E-state index < -0.39 is 11.8 Å². The van der Waals surface area contributed by atoms with Crippen LogP contribution in [0, 0.1) is 29.1 Å². The first kappa shape index (κ1) is 6.09. The van der Waals surface area contributed by atoms with Crippen molar-refractivity contribution in [3.63, 3.8) is 0 Å². The second kappa shape index (κ2) is 1.50. The van der Waals surface area contributed by atoms with E-state index in [1.54, 1.807) is 0 Å². The second-order valence-corrected chi connectivity index (χ2v) is 3.14. The SMILES string of the molecule is N#CC1C2CCC(F)(F)C12. The molecule has 0 aliphatic heterocycles. The summed E-state index contributed by atoms with van der Waals surface area (Å²) in [6.07, 6.45) is 0.552. The van der Waals surface area contributed by atoms with Crippen molar-refractivity contribution in [1.29, 1.82) is 5.26 Å². The Morgan fingerprint density at radius 2 is 2.20 bits per heavy atom. The van der Waals surface area contributed by atoms with Crippen molar-refractivity contribution in [1.82, 2.24) is 0 Å². The zero-order valence-corrected chi connectivity index (χ0v) is 5.35. The number of rotatable bonds is 0. The van der Waals surface area contributed by atoms with Crippen LogP contribution in [0.5, 0.6) is 0 Å². The van der Waals surface area contributed by atoms with Gasteiger partial charge in [-0.05, 0) is 12.3 Å². The van der Waals surface area contributed by atoms with Crippen LogP contribution in [-0.4, -0.2) is 5.92 Å². The predicted octanol–water partition coefficient (Wildman–Crippen LogP) is 1.80. The molecule has 54 valence electrons. The number of hydrogen-bond acceptors (Lipinski definition) is 1. The fourth-order valence-electron chi connectivity index (χ4n) is 2.01. The predicted molar refractivity (Wildman–Crippen MR) is 30.3 cm³/mol. The minimum Gasteiger partial charge on any atom is -0.207 e. The van der Waals surface area contributed by atoms with Gasteiger partial charge in [0, 0.05) is 12.3 Å². The van der Waals surface area contributed by atoms with Gasteiger partial charge in [0.1, 0.15) is 0 Å². The highest BCUT2D eigenvalue weighted by atomic mass is 19.3. The Hall–Kier alpha value is -0.650. The Bertz CT molecular complexity index is 206. The molecule has 0 aromatic carbocycles. The number of nitriles is 1. The molecular weight excluding hydrogens is 136 g/mol. The van der Waals surface area contributed by atoms with E-state index >= 15 is 0 Å². The molecule has 2 saturated carbocycles. The molecular formula is C7H7F2N. The maximum atomic E-state index is 12.7. The van der Waals surface area contributed by atoms with Crippen LogP contribution in [0.1, 0.15) is 12.8 Å². The van der Waals surface area contributed by atoms with Gasteiger partial charge in [-0.1, -0.05) is 0 Å². The molecule has 0 bridgehead atoms. The van der Waals surface area contributed by atoms with E-state index in [1.165, 1.54) is 0 Å². The minimum atomic E-state index is -2.52. The van der Waals surface area contributed by atoms with Crippen LogP contribution in [-0.2, 0) is 0 Å². The number of fused-ring (bicyclic) bond motifs is 1. The number of alkyl halides is 2. The highest BCUT2D eigenvalue weighted by Gasteiger charge is 2.67. The van der Waals surface area contributed by atoms with Gasteiger partial charge in [0.25, 0.3) is 5.92 Å². The molecule has 0 amide bonds. The lowest BCUT2D eigenvalue weighted by Crippen LogP contribution is -2.16. The quantitative estimate of drug-likeness (QED) is 0.507. The summed E-state index contributed by atoms with van der Waals surface area (Å²) < 4.78 is 25.3. The molecule has 0 aromatic heterocycles. The minimum absolute atomic E-state index is 0.000509. The summed E-state index contributed by atoms with van der Waals surface area (Å²) in [6.45, 7) is 0. The van der Waals surface area contributed by atoms with E-state index in [1.807, 2.05) is 6.07 Å². The van der Waals surface area contributed by atoms with Crippen LogP contribution in [0.4, 0.5) is 8.78 Å². The Balaban J connectivity index is 2.16. The molecule has 0 N–H and O–H groups in total. The lowest BCUT2D eigenvalue weighted by atomic mass is 10.1. The molecule has 0 radical (unpaired) electrons. The fraction of sp³-hybridized carbons (Fsp3) is 0.857. The zero-order valence-electron chi connectivity index (χ0n) is 5.35. The van der Waals surface area contributed by atoms with Gasteiger partial charge in [-0.25, -0.2) is 8.78 Å². The third-order valence-electron chi connectivity index (χ3n) is 2.62. The third kappa shape index (κ3) is 0.544. The van der Waals surface area contributed by atoms with Crippen molar-refractivity contribution in [3.8, 4) is 6.07 Å². The van der Waals surface area contributed by atoms with Crippen LogP contribution in [0.3, 0.4) is 0 Å². The van der Waals surface area contributed by atoms with Crippen molar-refractivity contribution in [2.75, 3.05) is 0 Å². The normalized spacial score (nSPS) is 47.9. The number of nitrogens with zero attached hydrogens (tertiary/aromatic N) is 1. The first-order valence-electron chi connectivity index (χ1n) is 3.44. The van der Waals surface area contributed by atoms with Gasteiger partial charge >= 0.3 is 0 Å². The lowest BCUT2D eigenvalue weighted by Gasteiger charge is -2.09. The standard InChI is InChI=1S/C7H7F2N/c8-7(9)2-1-4-5(3-10)6(4)7/h4-6H,1-2H2. The summed E-state index contributed by atoms with van der Waals surface area (Å²) in [5.74, 6) is -3.41. The number of halogens is 2. The average molecular weight is 143 g/mol. The van der Waals surface area contributed by atoms with Crippen molar-refractivity contribution in [3.05, 3.63) is 0 Å². The second-order valence-electron chi connectivity index (χ2n) is 3.14. The molecule has 0 aromatic rings. The highest BCUT2D eigenvalue weighted by Crippen LogP contribution is 2.63. The third-order valence-corrected chi connectivity index (χ3v) is 2.62. The molecule has 0 heterocycles. The Kier molecular flexibility index (Phi) is 0.912. The zero-order chi connectivity index (χ0) is 7.35. The summed E-state index contributed by atoms with van der Waals surface area (Å²) in [7, 11) is 0. The van der Waals surface area contributed by atoms with Crippen LogP contribution >= 0.6 is 0 Å². The molecule has 10 heavy (non-hydrogen) atoms. The average Bonchev–Trinajstić information content (AvgIpc) is 2.50. The van der Waals surface area contributed by atoms with E-state index in [0.717, 1.165) is 0 Å². The summed E-state index contributed by atoms with van der Waals surface area (Å²) in [5.41, 5.74) is 0. The van der Waals surface area contributed by atoms with Crippen molar-refractivity contribution in [2.45, 2.75) is 18.8 Å².